The Morgan fingerprint density at radius 1 is 1.21 bits per heavy atom. The number of carbonyl (C=O) groups is 1. The Bertz CT molecular complexity index is 634. The minimum Gasteiger partial charge on any atom is -0.307 e. The van der Waals surface area contributed by atoms with Crippen molar-refractivity contribution in [3.63, 3.8) is 0 Å². The molecule has 4 nitrogen and oxygen atoms in total. The number of nitriles is 1. The zero-order valence-corrected chi connectivity index (χ0v) is 10.8. The van der Waals surface area contributed by atoms with Crippen molar-refractivity contribution in [1.82, 2.24) is 4.98 Å². The van der Waals surface area contributed by atoms with E-state index in [1.807, 2.05) is 38.1 Å². The van der Waals surface area contributed by atoms with Gasteiger partial charge >= 0.3 is 0 Å². The Balaban J connectivity index is 2.18. The molecule has 0 saturated heterocycles. The van der Waals surface area contributed by atoms with E-state index in [2.05, 4.69) is 10.3 Å². The number of carbonyl (C=O) groups excluding carboxylic acids is 1. The Kier molecular flexibility index (Phi) is 3.58. The summed E-state index contributed by atoms with van der Waals surface area (Å²) < 4.78 is 0. The van der Waals surface area contributed by atoms with Gasteiger partial charge in [-0.1, -0.05) is 17.2 Å². The molecule has 0 spiro atoms. The standard InChI is InChI=1S/C15H13N3O/c1-10-5-11(2)7-13(6-10)15(19)18-14-4-3-12(8-16)9-17-14/h3-7,9H,1-2H3,(H,17,18,19). The van der Waals surface area contributed by atoms with Crippen molar-refractivity contribution >= 4 is 11.7 Å². The molecule has 0 saturated carbocycles. The van der Waals surface area contributed by atoms with Crippen LogP contribution in [0.15, 0.2) is 36.5 Å². The number of aryl methyl sites for hydroxylation is 2. The predicted molar refractivity (Wildman–Crippen MR) is 72.8 cm³/mol. The van der Waals surface area contributed by atoms with Gasteiger partial charge in [-0.3, -0.25) is 4.79 Å². The van der Waals surface area contributed by atoms with Crippen LogP contribution in [0.3, 0.4) is 0 Å². The van der Waals surface area contributed by atoms with Gasteiger partial charge in [-0.15, -0.1) is 0 Å². The fourth-order valence-electron chi connectivity index (χ4n) is 1.83. The third-order valence-corrected chi connectivity index (χ3v) is 2.62. The lowest BCUT2D eigenvalue weighted by Gasteiger charge is -2.06. The van der Waals surface area contributed by atoms with E-state index in [1.54, 1.807) is 12.1 Å². The topological polar surface area (TPSA) is 65.8 Å². The maximum atomic E-state index is 12.1. The normalized spacial score (nSPS) is 9.74. The van der Waals surface area contributed by atoms with Crippen LogP contribution in [0.4, 0.5) is 5.82 Å². The van der Waals surface area contributed by atoms with Crippen LogP contribution in [0.2, 0.25) is 0 Å². The van der Waals surface area contributed by atoms with Crippen LogP contribution in [0.5, 0.6) is 0 Å². The van der Waals surface area contributed by atoms with Gasteiger partial charge in [-0.2, -0.15) is 5.26 Å². The number of anilines is 1. The fourth-order valence-corrected chi connectivity index (χ4v) is 1.83. The summed E-state index contributed by atoms with van der Waals surface area (Å²) in [5.74, 6) is 0.229. The Morgan fingerprint density at radius 3 is 2.42 bits per heavy atom. The van der Waals surface area contributed by atoms with Crippen LogP contribution in [-0.4, -0.2) is 10.9 Å². The molecule has 1 heterocycles. The average molecular weight is 251 g/mol. The summed E-state index contributed by atoms with van der Waals surface area (Å²) in [7, 11) is 0. The summed E-state index contributed by atoms with van der Waals surface area (Å²) in [6, 6.07) is 10.9. The van der Waals surface area contributed by atoms with Crippen LogP contribution < -0.4 is 5.32 Å². The lowest BCUT2D eigenvalue weighted by molar-refractivity contribution is 0.102. The predicted octanol–water partition coefficient (Wildman–Crippen LogP) is 2.82. The average Bonchev–Trinajstić information content (AvgIpc) is 2.38. The molecule has 1 aromatic carbocycles. The van der Waals surface area contributed by atoms with Gasteiger partial charge in [0.1, 0.15) is 11.9 Å². The van der Waals surface area contributed by atoms with Crippen LogP contribution in [0, 0.1) is 25.2 Å². The van der Waals surface area contributed by atoms with E-state index in [4.69, 9.17) is 5.26 Å². The van der Waals surface area contributed by atoms with E-state index in [0.29, 0.717) is 16.9 Å². The van der Waals surface area contributed by atoms with E-state index in [9.17, 15) is 4.79 Å². The molecule has 2 rings (SSSR count). The van der Waals surface area contributed by atoms with Gasteiger partial charge in [0.2, 0.25) is 0 Å². The second kappa shape index (κ2) is 5.32. The summed E-state index contributed by atoms with van der Waals surface area (Å²) >= 11 is 0. The largest absolute Gasteiger partial charge is 0.307 e. The molecule has 1 aromatic heterocycles. The third kappa shape index (κ3) is 3.17. The Morgan fingerprint density at radius 2 is 1.89 bits per heavy atom. The number of amides is 1. The molecule has 0 aliphatic rings. The molecule has 0 atom stereocenters. The molecule has 0 aliphatic heterocycles. The third-order valence-electron chi connectivity index (χ3n) is 2.62. The van der Waals surface area contributed by atoms with Crippen molar-refractivity contribution < 1.29 is 4.79 Å². The van der Waals surface area contributed by atoms with E-state index in [1.165, 1.54) is 6.20 Å². The van der Waals surface area contributed by atoms with Gasteiger partial charge in [0, 0.05) is 11.8 Å². The maximum Gasteiger partial charge on any atom is 0.256 e. The van der Waals surface area contributed by atoms with Gasteiger partial charge in [0.25, 0.3) is 5.91 Å². The number of nitrogens with one attached hydrogen (secondary N) is 1. The number of nitrogens with zero attached hydrogens (tertiary/aromatic N) is 2. The number of hydrogen-bond acceptors (Lipinski definition) is 3. The number of pyridine rings is 1. The molecule has 0 bridgehead atoms. The first-order valence-corrected chi connectivity index (χ1v) is 5.84. The Hall–Kier alpha value is -2.67. The van der Waals surface area contributed by atoms with Crippen molar-refractivity contribution in [2.45, 2.75) is 13.8 Å². The summed E-state index contributed by atoms with van der Waals surface area (Å²) in [5.41, 5.74) is 3.14. The first-order chi connectivity index (χ1) is 9.08. The zero-order valence-electron chi connectivity index (χ0n) is 10.8. The minimum atomic E-state index is -0.205. The lowest BCUT2D eigenvalue weighted by Crippen LogP contribution is -2.13. The molecule has 0 radical (unpaired) electrons. The molecule has 1 N–H and O–H groups in total. The highest BCUT2D eigenvalue weighted by Crippen LogP contribution is 2.11. The summed E-state index contributed by atoms with van der Waals surface area (Å²) in [6.45, 7) is 3.90. The summed E-state index contributed by atoms with van der Waals surface area (Å²) in [5, 5.41) is 11.4. The van der Waals surface area contributed by atoms with E-state index in [0.717, 1.165) is 11.1 Å². The van der Waals surface area contributed by atoms with E-state index in [-0.39, 0.29) is 5.91 Å². The molecule has 1 amide bonds. The quantitative estimate of drug-likeness (QED) is 0.892. The smallest absolute Gasteiger partial charge is 0.256 e. The SMILES string of the molecule is Cc1cc(C)cc(C(=O)Nc2ccc(C#N)cn2)c1. The monoisotopic (exact) mass is 251 g/mol. The molecular formula is C15H13N3O. The van der Waals surface area contributed by atoms with E-state index < -0.39 is 0 Å². The first-order valence-electron chi connectivity index (χ1n) is 5.84. The van der Waals surface area contributed by atoms with Crippen LogP contribution in [0.1, 0.15) is 27.0 Å². The van der Waals surface area contributed by atoms with Crippen molar-refractivity contribution in [1.29, 1.82) is 5.26 Å². The highest BCUT2D eigenvalue weighted by Gasteiger charge is 2.07. The number of hydrogen-bond donors (Lipinski definition) is 1. The molecule has 0 aliphatic carbocycles. The highest BCUT2D eigenvalue weighted by molar-refractivity contribution is 6.04. The van der Waals surface area contributed by atoms with Crippen LogP contribution in [0.25, 0.3) is 0 Å². The van der Waals surface area contributed by atoms with E-state index >= 15 is 0 Å². The van der Waals surface area contributed by atoms with Gasteiger partial charge in [-0.25, -0.2) is 4.98 Å². The van der Waals surface area contributed by atoms with Crippen molar-refractivity contribution in [3.8, 4) is 6.07 Å². The molecule has 94 valence electrons. The number of benzene rings is 1. The van der Waals surface area contributed by atoms with Gasteiger partial charge in [0.15, 0.2) is 0 Å². The molecule has 2 aromatic rings. The van der Waals surface area contributed by atoms with Gasteiger partial charge in [0.05, 0.1) is 5.56 Å². The molecule has 19 heavy (non-hydrogen) atoms. The second-order valence-corrected chi connectivity index (χ2v) is 4.37. The van der Waals surface area contributed by atoms with Crippen molar-refractivity contribution in [2.75, 3.05) is 5.32 Å². The summed E-state index contributed by atoms with van der Waals surface area (Å²) in [4.78, 5) is 16.1. The van der Waals surface area contributed by atoms with Crippen molar-refractivity contribution in [3.05, 3.63) is 58.8 Å². The van der Waals surface area contributed by atoms with Crippen molar-refractivity contribution in [2.24, 2.45) is 0 Å². The maximum absolute atomic E-state index is 12.1. The Labute approximate surface area is 111 Å². The van der Waals surface area contributed by atoms with Gasteiger partial charge in [-0.05, 0) is 38.1 Å². The highest BCUT2D eigenvalue weighted by atomic mass is 16.1. The van der Waals surface area contributed by atoms with Crippen LogP contribution >= 0.6 is 0 Å². The number of aromatic nitrogens is 1. The lowest BCUT2D eigenvalue weighted by atomic mass is 10.1. The molecule has 0 fully saturated rings. The first kappa shape index (κ1) is 12.8. The second-order valence-electron chi connectivity index (χ2n) is 4.37. The fraction of sp³-hybridized carbons (Fsp3) is 0.133. The summed E-state index contributed by atoms with van der Waals surface area (Å²) in [6.07, 6.45) is 1.43. The van der Waals surface area contributed by atoms with Crippen LogP contribution in [-0.2, 0) is 0 Å². The molecular weight excluding hydrogens is 238 g/mol. The molecule has 0 unspecified atom stereocenters. The minimum absolute atomic E-state index is 0.205. The number of rotatable bonds is 2. The zero-order chi connectivity index (χ0) is 13.8. The van der Waals surface area contributed by atoms with Gasteiger partial charge < -0.3 is 5.32 Å². The molecule has 4 heteroatoms.